The molecule has 0 saturated carbocycles. The number of aryl methyl sites for hydroxylation is 2. The van der Waals surface area contributed by atoms with E-state index in [2.05, 4.69) is 26.1 Å². The number of nitrogens with zero attached hydrogens (tertiary/aromatic N) is 2. The molecule has 0 aliphatic carbocycles. The number of piperidine rings is 1. The fraction of sp³-hybridized carbons (Fsp3) is 0.435. The van der Waals surface area contributed by atoms with E-state index in [1.807, 2.05) is 24.3 Å². The van der Waals surface area contributed by atoms with Gasteiger partial charge in [0.15, 0.2) is 5.82 Å². The molecule has 3 aromatic rings. The van der Waals surface area contributed by atoms with E-state index in [1.54, 1.807) is 16.2 Å². The lowest BCUT2D eigenvalue weighted by atomic mass is 9.99. The van der Waals surface area contributed by atoms with Crippen LogP contribution in [0.1, 0.15) is 43.0 Å². The summed E-state index contributed by atoms with van der Waals surface area (Å²) in [6, 6.07) is 7.37. The van der Waals surface area contributed by atoms with Gasteiger partial charge in [0.1, 0.15) is 17.1 Å². The third kappa shape index (κ3) is 4.63. The zero-order valence-electron chi connectivity index (χ0n) is 18.0. The Kier molecular flexibility index (Phi) is 6.01. The average molecular weight is 426 g/mol. The predicted molar refractivity (Wildman–Crippen MR) is 121 cm³/mol. The SMILES string of the molecule is CC(=O)Nc1ccc(Oc2nc(C[NH+]3CCC(C)CC3)nc3sc(C)c(C)c23)cc1. The van der Waals surface area contributed by atoms with E-state index in [0.717, 1.165) is 34.2 Å². The zero-order chi connectivity index (χ0) is 21.3. The number of rotatable bonds is 5. The lowest BCUT2D eigenvalue weighted by molar-refractivity contribution is -0.920. The van der Waals surface area contributed by atoms with Crippen molar-refractivity contribution in [1.29, 1.82) is 0 Å². The highest BCUT2D eigenvalue weighted by Gasteiger charge is 2.22. The minimum atomic E-state index is -0.0928. The van der Waals surface area contributed by atoms with E-state index in [9.17, 15) is 4.79 Å². The first-order chi connectivity index (χ1) is 14.4. The number of carbonyl (C=O) groups excluding carboxylic acids is 1. The molecular formula is C23H29N4O2S+. The van der Waals surface area contributed by atoms with Crippen LogP contribution in [0, 0.1) is 19.8 Å². The van der Waals surface area contributed by atoms with Crippen LogP contribution in [0.15, 0.2) is 24.3 Å². The van der Waals surface area contributed by atoms with Gasteiger partial charge in [-0.15, -0.1) is 11.3 Å². The molecule has 0 radical (unpaired) electrons. The van der Waals surface area contributed by atoms with Crippen molar-refractivity contribution in [2.45, 2.75) is 47.1 Å². The Bertz CT molecular complexity index is 1050. The predicted octanol–water partition coefficient (Wildman–Crippen LogP) is 3.87. The van der Waals surface area contributed by atoms with Crippen molar-refractivity contribution in [3.05, 3.63) is 40.5 Å². The van der Waals surface area contributed by atoms with Crippen LogP contribution in [0.4, 0.5) is 5.69 Å². The number of thiophene rings is 1. The summed E-state index contributed by atoms with van der Waals surface area (Å²) in [5.74, 6) is 2.88. The Balaban J connectivity index is 1.62. The number of likely N-dealkylation sites (tertiary alicyclic amines) is 1. The molecule has 7 heteroatoms. The number of fused-ring (bicyclic) bond motifs is 1. The smallest absolute Gasteiger partial charge is 0.231 e. The molecule has 1 amide bonds. The van der Waals surface area contributed by atoms with Crippen LogP contribution in [-0.2, 0) is 11.3 Å². The largest absolute Gasteiger partial charge is 0.438 e. The molecule has 0 bridgehead atoms. The van der Waals surface area contributed by atoms with Gasteiger partial charge in [-0.25, -0.2) is 4.98 Å². The first-order valence-corrected chi connectivity index (χ1v) is 11.4. The summed E-state index contributed by atoms with van der Waals surface area (Å²) < 4.78 is 6.23. The fourth-order valence-electron chi connectivity index (χ4n) is 3.90. The second-order valence-corrected chi connectivity index (χ2v) is 9.53. The molecule has 0 unspecified atom stereocenters. The van der Waals surface area contributed by atoms with Crippen LogP contribution in [0.3, 0.4) is 0 Å². The molecule has 30 heavy (non-hydrogen) atoms. The highest BCUT2D eigenvalue weighted by atomic mass is 32.1. The van der Waals surface area contributed by atoms with Crippen LogP contribution in [0.5, 0.6) is 11.6 Å². The van der Waals surface area contributed by atoms with E-state index >= 15 is 0 Å². The monoisotopic (exact) mass is 425 g/mol. The third-order valence-electron chi connectivity index (χ3n) is 5.82. The standard InChI is InChI=1S/C23H28N4O2S/c1-14-9-11-27(12-10-14)13-20-25-22(21-15(2)16(3)30-23(21)26-20)29-19-7-5-18(6-8-19)24-17(4)28/h5-8,14H,9-13H2,1-4H3,(H,24,28)/p+1. The van der Waals surface area contributed by atoms with Crippen molar-refractivity contribution in [2.75, 3.05) is 18.4 Å². The number of nitrogens with one attached hydrogen (secondary N) is 2. The lowest BCUT2D eigenvalue weighted by Crippen LogP contribution is -3.11. The van der Waals surface area contributed by atoms with Crippen molar-refractivity contribution in [3.8, 4) is 11.6 Å². The van der Waals surface area contributed by atoms with E-state index in [0.29, 0.717) is 11.6 Å². The van der Waals surface area contributed by atoms with Crippen LogP contribution < -0.4 is 15.0 Å². The van der Waals surface area contributed by atoms with Gasteiger partial charge >= 0.3 is 0 Å². The Morgan fingerprint density at radius 3 is 2.57 bits per heavy atom. The molecule has 4 rings (SSSR count). The first-order valence-electron chi connectivity index (χ1n) is 10.5. The number of benzene rings is 1. The number of anilines is 1. The summed E-state index contributed by atoms with van der Waals surface area (Å²) in [7, 11) is 0. The van der Waals surface area contributed by atoms with Gasteiger partial charge in [-0.1, -0.05) is 6.92 Å². The second-order valence-electron chi connectivity index (χ2n) is 8.33. The highest BCUT2D eigenvalue weighted by molar-refractivity contribution is 7.18. The lowest BCUT2D eigenvalue weighted by Gasteiger charge is -2.26. The molecule has 0 atom stereocenters. The Morgan fingerprint density at radius 2 is 1.90 bits per heavy atom. The van der Waals surface area contributed by atoms with E-state index in [1.165, 1.54) is 43.3 Å². The number of carbonyl (C=O) groups is 1. The van der Waals surface area contributed by atoms with Gasteiger partial charge in [0.05, 0.1) is 18.5 Å². The number of quaternary nitrogens is 1. The highest BCUT2D eigenvalue weighted by Crippen LogP contribution is 2.36. The second kappa shape index (κ2) is 8.70. The van der Waals surface area contributed by atoms with E-state index < -0.39 is 0 Å². The normalized spacial score (nSPS) is 19.1. The number of aromatic nitrogens is 2. The minimum Gasteiger partial charge on any atom is -0.438 e. The molecule has 6 nitrogen and oxygen atoms in total. The summed E-state index contributed by atoms with van der Waals surface area (Å²) in [5.41, 5.74) is 1.92. The third-order valence-corrected chi connectivity index (χ3v) is 6.92. The molecule has 3 heterocycles. The molecule has 0 spiro atoms. The Hall–Kier alpha value is -2.51. The maximum atomic E-state index is 11.2. The summed E-state index contributed by atoms with van der Waals surface area (Å²) in [5, 5.41) is 3.77. The van der Waals surface area contributed by atoms with Gasteiger partial charge in [-0.3, -0.25) is 4.79 Å². The van der Waals surface area contributed by atoms with Crippen LogP contribution in [0.2, 0.25) is 0 Å². The van der Waals surface area contributed by atoms with Crippen molar-refractivity contribution in [3.63, 3.8) is 0 Å². The molecule has 158 valence electrons. The summed E-state index contributed by atoms with van der Waals surface area (Å²) in [6.07, 6.45) is 2.53. The molecular weight excluding hydrogens is 396 g/mol. The summed E-state index contributed by atoms with van der Waals surface area (Å²) in [4.78, 5) is 24.7. The van der Waals surface area contributed by atoms with Gasteiger partial charge in [0.25, 0.3) is 0 Å². The van der Waals surface area contributed by atoms with Gasteiger partial charge < -0.3 is 15.0 Å². The Morgan fingerprint density at radius 1 is 1.20 bits per heavy atom. The number of hydrogen-bond donors (Lipinski definition) is 2. The number of amides is 1. The molecule has 1 fully saturated rings. The van der Waals surface area contributed by atoms with E-state index in [4.69, 9.17) is 14.7 Å². The molecule has 1 aliphatic rings. The number of hydrogen-bond acceptors (Lipinski definition) is 5. The fourth-order valence-corrected chi connectivity index (χ4v) is 4.94. The van der Waals surface area contributed by atoms with Crippen LogP contribution in [-0.4, -0.2) is 29.0 Å². The maximum absolute atomic E-state index is 11.2. The van der Waals surface area contributed by atoms with Gasteiger partial charge in [0, 0.05) is 17.5 Å². The molecule has 2 aromatic heterocycles. The van der Waals surface area contributed by atoms with Crippen molar-refractivity contribution in [1.82, 2.24) is 9.97 Å². The zero-order valence-corrected chi connectivity index (χ0v) is 18.9. The van der Waals surface area contributed by atoms with Crippen molar-refractivity contribution in [2.24, 2.45) is 5.92 Å². The molecule has 1 saturated heterocycles. The topological polar surface area (TPSA) is 68.5 Å². The first kappa shape index (κ1) is 20.8. The van der Waals surface area contributed by atoms with Crippen LogP contribution in [0.25, 0.3) is 10.2 Å². The average Bonchev–Trinajstić information content (AvgIpc) is 2.99. The summed E-state index contributed by atoms with van der Waals surface area (Å²) >= 11 is 1.70. The summed E-state index contributed by atoms with van der Waals surface area (Å²) in [6.45, 7) is 11.2. The minimum absolute atomic E-state index is 0.0928. The van der Waals surface area contributed by atoms with E-state index in [-0.39, 0.29) is 5.91 Å². The quantitative estimate of drug-likeness (QED) is 0.651. The molecule has 2 N–H and O–H groups in total. The van der Waals surface area contributed by atoms with Crippen molar-refractivity contribution >= 4 is 33.1 Å². The van der Waals surface area contributed by atoms with Gasteiger partial charge in [0.2, 0.25) is 11.8 Å². The molecule has 1 aliphatic heterocycles. The maximum Gasteiger partial charge on any atom is 0.231 e. The van der Waals surface area contributed by atoms with Crippen molar-refractivity contribution < 1.29 is 14.4 Å². The Labute approximate surface area is 181 Å². The molecule has 1 aromatic carbocycles. The number of ether oxygens (including phenoxy) is 1. The van der Waals surface area contributed by atoms with Gasteiger partial charge in [-0.2, -0.15) is 4.98 Å². The van der Waals surface area contributed by atoms with Crippen LogP contribution >= 0.6 is 11.3 Å². The van der Waals surface area contributed by atoms with Gasteiger partial charge in [-0.05, 0) is 62.4 Å².